The SMILES string of the molecule is CCn1cc(NC(=O)c2cc(-c3ccc4c(c3)OCO4)n[nH]2)c(C(=O)NC)n1. The van der Waals surface area contributed by atoms with Gasteiger partial charge in [-0.2, -0.15) is 10.2 Å². The third-order valence-corrected chi connectivity index (χ3v) is 4.27. The minimum absolute atomic E-state index is 0.146. The maximum Gasteiger partial charge on any atom is 0.273 e. The van der Waals surface area contributed by atoms with E-state index in [4.69, 9.17) is 9.47 Å². The number of aromatic nitrogens is 4. The summed E-state index contributed by atoms with van der Waals surface area (Å²) in [6, 6.07) is 7.05. The Morgan fingerprint density at radius 1 is 1.21 bits per heavy atom. The van der Waals surface area contributed by atoms with Crippen molar-refractivity contribution in [3.05, 3.63) is 41.9 Å². The van der Waals surface area contributed by atoms with Crippen LogP contribution < -0.4 is 20.1 Å². The molecule has 3 aromatic rings. The molecule has 0 atom stereocenters. The molecule has 0 saturated carbocycles. The summed E-state index contributed by atoms with van der Waals surface area (Å²) in [5, 5.41) is 16.3. The molecule has 2 aromatic heterocycles. The third kappa shape index (κ3) is 3.15. The molecule has 10 nitrogen and oxygen atoms in total. The fraction of sp³-hybridized carbons (Fsp3) is 0.222. The highest BCUT2D eigenvalue weighted by Crippen LogP contribution is 2.35. The molecule has 1 aliphatic rings. The van der Waals surface area contributed by atoms with Gasteiger partial charge in [0.1, 0.15) is 5.69 Å². The van der Waals surface area contributed by atoms with Gasteiger partial charge >= 0.3 is 0 Å². The van der Waals surface area contributed by atoms with Crippen LogP contribution in [0, 0.1) is 0 Å². The Labute approximate surface area is 159 Å². The number of ether oxygens (including phenoxy) is 2. The van der Waals surface area contributed by atoms with Crippen LogP contribution in [-0.4, -0.2) is 45.6 Å². The van der Waals surface area contributed by atoms with Gasteiger partial charge in [-0.15, -0.1) is 0 Å². The normalized spacial score (nSPS) is 12.1. The van der Waals surface area contributed by atoms with E-state index >= 15 is 0 Å². The molecule has 4 rings (SSSR count). The minimum Gasteiger partial charge on any atom is -0.454 e. The van der Waals surface area contributed by atoms with Crippen molar-refractivity contribution in [3.63, 3.8) is 0 Å². The Hall–Kier alpha value is -3.82. The highest BCUT2D eigenvalue weighted by Gasteiger charge is 2.20. The topological polar surface area (TPSA) is 123 Å². The number of hydrogen-bond acceptors (Lipinski definition) is 6. The molecule has 1 aromatic carbocycles. The summed E-state index contributed by atoms with van der Waals surface area (Å²) in [7, 11) is 1.51. The molecule has 3 N–H and O–H groups in total. The Morgan fingerprint density at radius 2 is 2.04 bits per heavy atom. The van der Waals surface area contributed by atoms with Gasteiger partial charge < -0.3 is 20.1 Å². The van der Waals surface area contributed by atoms with Crippen molar-refractivity contribution < 1.29 is 19.1 Å². The van der Waals surface area contributed by atoms with E-state index in [2.05, 4.69) is 25.9 Å². The Balaban J connectivity index is 1.56. The number of aromatic amines is 1. The number of amides is 2. The first kappa shape index (κ1) is 17.6. The largest absolute Gasteiger partial charge is 0.454 e. The number of anilines is 1. The zero-order valence-electron chi connectivity index (χ0n) is 15.3. The quantitative estimate of drug-likeness (QED) is 0.616. The number of rotatable bonds is 5. The predicted molar refractivity (Wildman–Crippen MR) is 99.4 cm³/mol. The molecule has 3 heterocycles. The summed E-state index contributed by atoms with van der Waals surface area (Å²) >= 11 is 0. The lowest BCUT2D eigenvalue weighted by atomic mass is 10.1. The highest BCUT2D eigenvalue weighted by molar-refractivity contribution is 6.07. The smallest absolute Gasteiger partial charge is 0.273 e. The molecule has 0 aliphatic carbocycles. The molecule has 28 heavy (non-hydrogen) atoms. The van der Waals surface area contributed by atoms with Gasteiger partial charge in [-0.25, -0.2) is 0 Å². The van der Waals surface area contributed by atoms with Crippen LogP contribution in [0.5, 0.6) is 11.5 Å². The average molecular weight is 382 g/mol. The number of H-pyrrole nitrogens is 1. The van der Waals surface area contributed by atoms with Gasteiger partial charge in [-0.3, -0.25) is 19.4 Å². The van der Waals surface area contributed by atoms with Crippen LogP contribution in [-0.2, 0) is 6.54 Å². The highest BCUT2D eigenvalue weighted by atomic mass is 16.7. The minimum atomic E-state index is -0.430. The van der Waals surface area contributed by atoms with E-state index in [1.54, 1.807) is 29.1 Å². The van der Waals surface area contributed by atoms with Crippen LogP contribution in [0.3, 0.4) is 0 Å². The number of carbonyl (C=O) groups excluding carboxylic acids is 2. The fourth-order valence-corrected chi connectivity index (χ4v) is 2.79. The lowest BCUT2D eigenvalue weighted by molar-refractivity contribution is 0.0958. The maximum atomic E-state index is 12.6. The molecule has 0 fully saturated rings. The molecule has 0 unspecified atom stereocenters. The van der Waals surface area contributed by atoms with Gasteiger partial charge in [0.05, 0.1) is 11.4 Å². The van der Waals surface area contributed by atoms with Crippen LogP contribution in [0.2, 0.25) is 0 Å². The zero-order chi connectivity index (χ0) is 19.7. The molecular formula is C18H18N6O4. The Bertz CT molecular complexity index is 1050. The van der Waals surface area contributed by atoms with E-state index in [0.29, 0.717) is 29.4 Å². The van der Waals surface area contributed by atoms with Gasteiger partial charge in [0.15, 0.2) is 17.2 Å². The molecule has 0 bridgehead atoms. The first-order valence-electron chi connectivity index (χ1n) is 8.65. The van der Waals surface area contributed by atoms with E-state index in [1.165, 1.54) is 7.05 Å². The number of nitrogens with zero attached hydrogens (tertiary/aromatic N) is 3. The lowest BCUT2D eigenvalue weighted by Crippen LogP contribution is -2.21. The molecule has 144 valence electrons. The van der Waals surface area contributed by atoms with E-state index in [1.807, 2.05) is 13.0 Å². The second kappa shape index (κ2) is 7.06. The van der Waals surface area contributed by atoms with Crippen LogP contribution in [0.15, 0.2) is 30.5 Å². The number of fused-ring (bicyclic) bond motifs is 1. The summed E-state index contributed by atoms with van der Waals surface area (Å²) < 4.78 is 12.2. The second-order valence-electron chi connectivity index (χ2n) is 6.02. The zero-order valence-corrected chi connectivity index (χ0v) is 15.3. The van der Waals surface area contributed by atoms with Gasteiger partial charge in [-0.05, 0) is 31.2 Å². The Kier molecular flexibility index (Phi) is 4.44. The second-order valence-corrected chi connectivity index (χ2v) is 6.02. The standard InChI is InChI=1S/C18H18N6O4/c1-3-24-8-13(16(23-24)18(26)19-2)20-17(25)12-7-11(21-22-12)10-4-5-14-15(6-10)28-9-27-14/h4-8H,3,9H2,1-2H3,(H,19,26)(H,20,25)(H,21,22). The number of nitrogens with one attached hydrogen (secondary N) is 3. The monoisotopic (exact) mass is 382 g/mol. The van der Waals surface area contributed by atoms with Crippen molar-refractivity contribution in [2.24, 2.45) is 0 Å². The van der Waals surface area contributed by atoms with E-state index in [-0.39, 0.29) is 24.1 Å². The van der Waals surface area contributed by atoms with Gasteiger partial charge in [-0.1, -0.05) is 0 Å². The summed E-state index contributed by atoms with van der Waals surface area (Å²) in [6.07, 6.45) is 1.61. The number of aryl methyl sites for hydroxylation is 1. The summed E-state index contributed by atoms with van der Waals surface area (Å²) in [4.78, 5) is 24.6. The first-order valence-corrected chi connectivity index (χ1v) is 8.65. The van der Waals surface area contributed by atoms with Crippen molar-refractivity contribution in [2.75, 3.05) is 19.2 Å². The summed E-state index contributed by atoms with van der Waals surface area (Å²) in [5.74, 6) is 0.495. The Morgan fingerprint density at radius 3 is 2.82 bits per heavy atom. The van der Waals surface area contributed by atoms with Gasteiger partial charge in [0, 0.05) is 25.4 Å². The van der Waals surface area contributed by atoms with Crippen molar-refractivity contribution in [1.82, 2.24) is 25.3 Å². The van der Waals surface area contributed by atoms with E-state index in [9.17, 15) is 9.59 Å². The van der Waals surface area contributed by atoms with Crippen LogP contribution in [0.25, 0.3) is 11.3 Å². The van der Waals surface area contributed by atoms with E-state index < -0.39 is 5.91 Å². The summed E-state index contributed by atoms with van der Waals surface area (Å²) in [5.41, 5.74) is 2.09. The summed E-state index contributed by atoms with van der Waals surface area (Å²) in [6.45, 7) is 2.64. The number of benzene rings is 1. The molecule has 0 radical (unpaired) electrons. The van der Waals surface area contributed by atoms with Crippen LogP contribution in [0.1, 0.15) is 27.9 Å². The van der Waals surface area contributed by atoms with Crippen LogP contribution in [0.4, 0.5) is 5.69 Å². The molecule has 2 amide bonds. The first-order chi connectivity index (χ1) is 13.6. The van der Waals surface area contributed by atoms with Gasteiger partial charge in [0.25, 0.3) is 11.8 Å². The molecule has 10 heteroatoms. The van der Waals surface area contributed by atoms with Crippen molar-refractivity contribution >= 4 is 17.5 Å². The third-order valence-electron chi connectivity index (χ3n) is 4.27. The maximum absolute atomic E-state index is 12.6. The predicted octanol–water partition coefficient (Wildman–Crippen LogP) is 1.63. The molecule has 1 aliphatic heterocycles. The average Bonchev–Trinajstić information content (AvgIpc) is 3.45. The number of hydrogen-bond donors (Lipinski definition) is 3. The molecule has 0 saturated heterocycles. The number of carbonyl (C=O) groups is 2. The van der Waals surface area contributed by atoms with Crippen LogP contribution >= 0.6 is 0 Å². The van der Waals surface area contributed by atoms with E-state index in [0.717, 1.165) is 5.56 Å². The van der Waals surface area contributed by atoms with Crippen molar-refractivity contribution in [2.45, 2.75) is 13.5 Å². The van der Waals surface area contributed by atoms with Crippen molar-refractivity contribution in [3.8, 4) is 22.8 Å². The molecule has 0 spiro atoms. The van der Waals surface area contributed by atoms with Crippen molar-refractivity contribution in [1.29, 1.82) is 0 Å². The fourth-order valence-electron chi connectivity index (χ4n) is 2.79. The van der Waals surface area contributed by atoms with Gasteiger partial charge in [0.2, 0.25) is 6.79 Å². The molecular weight excluding hydrogens is 364 g/mol. The lowest BCUT2D eigenvalue weighted by Gasteiger charge is -2.02.